The fourth-order valence-electron chi connectivity index (χ4n) is 3.68. The molecule has 1 unspecified atom stereocenters. The molecule has 0 saturated heterocycles. The van der Waals surface area contributed by atoms with Crippen molar-refractivity contribution >= 4 is 40.4 Å². The molecule has 2 heterocycles. The largest absolute Gasteiger partial charge is 0.495 e. The number of aryl methyl sites for hydroxylation is 1. The lowest BCUT2D eigenvalue weighted by molar-refractivity contribution is -0.117. The van der Waals surface area contributed by atoms with Gasteiger partial charge in [0.1, 0.15) is 5.75 Å². The van der Waals surface area contributed by atoms with Gasteiger partial charge in [-0.1, -0.05) is 35.9 Å². The standard InChI is InChI=1S/C23H21ClN2O3S/c1-14-10-18(20(29-2)11-17(14)24)25-22(27)12-19(21-8-5-9-30-21)26-13-15-6-3-4-7-16(15)23(26)28/h3-11,19H,12-13H2,1-2H3,(H,25,27). The first-order valence-corrected chi connectivity index (χ1v) is 10.8. The van der Waals surface area contributed by atoms with Gasteiger partial charge in [-0.15, -0.1) is 11.3 Å². The maximum absolute atomic E-state index is 13.0. The lowest BCUT2D eigenvalue weighted by atomic mass is 10.1. The van der Waals surface area contributed by atoms with Crippen molar-refractivity contribution < 1.29 is 14.3 Å². The maximum atomic E-state index is 13.0. The number of nitrogens with one attached hydrogen (secondary N) is 1. The highest BCUT2D eigenvalue weighted by Gasteiger charge is 2.35. The van der Waals surface area contributed by atoms with Crippen molar-refractivity contribution in [2.45, 2.75) is 25.9 Å². The van der Waals surface area contributed by atoms with Gasteiger partial charge in [-0.2, -0.15) is 0 Å². The molecular formula is C23H21ClN2O3S. The lowest BCUT2D eigenvalue weighted by Crippen LogP contribution is -2.31. The van der Waals surface area contributed by atoms with Crippen LogP contribution in [0.5, 0.6) is 5.75 Å². The Labute approximate surface area is 184 Å². The van der Waals surface area contributed by atoms with E-state index in [9.17, 15) is 9.59 Å². The minimum absolute atomic E-state index is 0.0447. The molecule has 3 aromatic rings. The van der Waals surface area contributed by atoms with E-state index in [-0.39, 0.29) is 24.3 Å². The highest BCUT2D eigenvalue weighted by molar-refractivity contribution is 7.10. The number of ether oxygens (including phenoxy) is 1. The average molecular weight is 441 g/mol. The molecule has 2 aromatic carbocycles. The number of nitrogens with zero attached hydrogens (tertiary/aromatic N) is 1. The van der Waals surface area contributed by atoms with Crippen LogP contribution in [0.1, 0.15) is 38.8 Å². The first-order valence-electron chi connectivity index (χ1n) is 9.54. The number of amides is 2. The van der Waals surface area contributed by atoms with Crippen molar-refractivity contribution in [3.05, 3.63) is 80.5 Å². The molecular weight excluding hydrogens is 420 g/mol. The maximum Gasteiger partial charge on any atom is 0.255 e. The predicted molar refractivity (Wildman–Crippen MR) is 119 cm³/mol. The van der Waals surface area contributed by atoms with E-state index in [0.29, 0.717) is 28.6 Å². The molecule has 0 radical (unpaired) electrons. The Morgan fingerprint density at radius 1 is 1.27 bits per heavy atom. The number of thiophene rings is 1. The molecule has 0 spiro atoms. The summed E-state index contributed by atoms with van der Waals surface area (Å²) in [7, 11) is 1.53. The smallest absolute Gasteiger partial charge is 0.255 e. The van der Waals surface area contributed by atoms with Crippen LogP contribution in [0, 0.1) is 6.92 Å². The molecule has 0 bridgehead atoms. The number of benzene rings is 2. The summed E-state index contributed by atoms with van der Waals surface area (Å²) in [6.07, 6.45) is 0.144. The minimum Gasteiger partial charge on any atom is -0.495 e. The number of rotatable bonds is 6. The third-order valence-electron chi connectivity index (χ3n) is 5.23. The van der Waals surface area contributed by atoms with Crippen molar-refractivity contribution in [3.63, 3.8) is 0 Å². The summed E-state index contributed by atoms with van der Waals surface area (Å²) in [5.74, 6) is 0.255. The van der Waals surface area contributed by atoms with Crippen LogP contribution in [0.2, 0.25) is 5.02 Å². The Balaban J connectivity index is 1.58. The van der Waals surface area contributed by atoms with Crippen LogP contribution in [0.3, 0.4) is 0 Å². The molecule has 7 heteroatoms. The van der Waals surface area contributed by atoms with Crippen LogP contribution in [0.4, 0.5) is 5.69 Å². The summed E-state index contributed by atoms with van der Waals surface area (Å²) in [5.41, 5.74) is 3.09. The van der Waals surface area contributed by atoms with E-state index in [1.807, 2.05) is 48.7 Å². The molecule has 1 aliphatic heterocycles. The zero-order valence-corrected chi connectivity index (χ0v) is 18.2. The molecule has 1 atom stereocenters. The molecule has 154 valence electrons. The molecule has 1 N–H and O–H groups in total. The highest BCUT2D eigenvalue weighted by Crippen LogP contribution is 2.36. The summed E-state index contributed by atoms with van der Waals surface area (Å²) in [6.45, 7) is 2.36. The third kappa shape index (κ3) is 3.93. The number of hydrogen-bond donors (Lipinski definition) is 1. The molecule has 5 nitrogen and oxygen atoms in total. The number of anilines is 1. The van der Waals surface area contributed by atoms with Gasteiger partial charge in [-0.05, 0) is 41.6 Å². The van der Waals surface area contributed by atoms with Gasteiger partial charge in [0, 0.05) is 28.1 Å². The van der Waals surface area contributed by atoms with Gasteiger partial charge in [0.2, 0.25) is 5.91 Å². The first kappa shape index (κ1) is 20.4. The van der Waals surface area contributed by atoms with Crippen LogP contribution in [0.25, 0.3) is 0 Å². The van der Waals surface area contributed by atoms with Crippen molar-refractivity contribution in [3.8, 4) is 5.75 Å². The van der Waals surface area contributed by atoms with E-state index in [0.717, 1.165) is 16.0 Å². The Bertz CT molecular complexity index is 1100. The Kier molecular flexibility index (Phi) is 5.79. The normalized spacial score (nSPS) is 13.8. The van der Waals surface area contributed by atoms with Crippen LogP contribution >= 0.6 is 22.9 Å². The topological polar surface area (TPSA) is 58.6 Å². The Morgan fingerprint density at radius 2 is 2.07 bits per heavy atom. The second-order valence-electron chi connectivity index (χ2n) is 7.18. The highest BCUT2D eigenvalue weighted by atomic mass is 35.5. The van der Waals surface area contributed by atoms with Gasteiger partial charge in [0.05, 0.1) is 25.3 Å². The molecule has 30 heavy (non-hydrogen) atoms. The second-order valence-corrected chi connectivity index (χ2v) is 8.56. The van der Waals surface area contributed by atoms with Crippen molar-refractivity contribution in [1.29, 1.82) is 0 Å². The summed E-state index contributed by atoms with van der Waals surface area (Å²) in [5, 5.41) is 5.45. The van der Waals surface area contributed by atoms with E-state index < -0.39 is 0 Å². The molecule has 2 amide bonds. The number of methoxy groups -OCH3 is 1. The van der Waals surface area contributed by atoms with Gasteiger partial charge < -0.3 is 15.0 Å². The van der Waals surface area contributed by atoms with Gasteiger partial charge in [-0.3, -0.25) is 9.59 Å². The minimum atomic E-state index is -0.343. The van der Waals surface area contributed by atoms with Gasteiger partial charge in [-0.25, -0.2) is 0 Å². The lowest BCUT2D eigenvalue weighted by Gasteiger charge is -2.27. The van der Waals surface area contributed by atoms with Crippen LogP contribution in [-0.4, -0.2) is 23.8 Å². The number of carbonyl (C=O) groups is 2. The van der Waals surface area contributed by atoms with E-state index in [4.69, 9.17) is 16.3 Å². The fourth-order valence-corrected chi connectivity index (χ4v) is 4.67. The molecule has 4 rings (SSSR count). The van der Waals surface area contributed by atoms with E-state index in [2.05, 4.69) is 5.32 Å². The second kappa shape index (κ2) is 8.50. The SMILES string of the molecule is COc1cc(Cl)c(C)cc1NC(=O)CC(c1cccs1)N1Cc2ccccc2C1=O. The molecule has 1 aromatic heterocycles. The monoisotopic (exact) mass is 440 g/mol. The number of hydrogen-bond acceptors (Lipinski definition) is 4. The summed E-state index contributed by atoms with van der Waals surface area (Å²) >= 11 is 7.71. The molecule has 0 saturated carbocycles. The van der Waals surface area contributed by atoms with Crippen molar-refractivity contribution in [2.24, 2.45) is 0 Å². The number of halogens is 1. The van der Waals surface area contributed by atoms with Crippen molar-refractivity contribution in [1.82, 2.24) is 4.90 Å². The third-order valence-corrected chi connectivity index (χ3v) is 6.61. The number of carbonyl (C=O) groups excluding carboxylic acids is 2. The first-order chi connectivity index (χ1) is 14.5. The van der Waals surface area contributed by atoms with Gasteiger partial charge >= 0.3 is 0 Å². The Hall–Kier alpha value is -2.83. The zero-order valence-electron chi connectivity index (χ0n) is 16.6. The molecule has 0 fully saturated rings. The Morgan fingerprint density at radius 3 is 2.77 bits per heavy atom. The zero-order chi connectivity index (χ0) is 21.3. The fraction of sp³-hybridized carbons (Fsp3) is 0.217. The number of fused-ring (bicyclic) bond motifs is 1. The quantitative estimate of drug-likeness (QED) is 0.554. The molecule has 0 aliphatic carbocycles. The summed E-state index contributed by atoms with van der Waals surface area (Å²) in [4.78, 5) is 28.8. The van der Waals surface area contributed by atoms with Crippen LogP contribution < -0.4 is 10.1 Å². The van der Waals surface area contributed by atoms with Gasteiger partial charge in [0.25, 0.3) is 5.91 Å². The summed E-state index contributed by atoms with van der Waals surface area (Å²) < 4.78 is 5.36. The van der Waals surface area contributed by atoms with Crippen LogP contribution in [0.15, 0.2) is 53.9 Å². The van der Waals surface area contributed by atoms with Crippen LogP contribution in [-0.2, 0) is 11.3 Å². The predicted octanol–water partition coefficient (Wildman–Crippen LogP) is 5.44. The summed E-state index contributed by atoms with van der Waals surface area (Å²) in [6, 6.07) is 14.6. The average Bonchev–Trinajstić information content (AvgIpc) is 3.38. The van der Waals surface area contributed by atoms with E-state index in [1.165, 1.54) is 7.11 Å². The van der Waals surface area contributed by atoms with E-state index in [1.54, 1.807) is 28.4 Å². The van der Waals surface area contributed by atoms with Gasteiger partial charge in [0.15, 0.2) is 0 Å². The molecule has 1 aliphatic rings. The van der Waals surface area contributed by atoms with E-state index >= 15 is 0 Å². The van der Waals surface area contributed by atoms with Crippen molar-refractivity contribution in [2.75, 3.05) is 12.4 Å².